The van der Waals surface area contributed by atoms with E-state index in [1.807, 2.05) is 20.0 Å². The van der Waals surface area contributed by atoms with Crippen molar-refractivity contribution in [3.05, 3.63) is 47.2 Å². The average molecular weight is 414 g/mol. The van der Waals surface area contributed by atoms with Crippen molar-refractivity contribution < 1.29 is 9.53 Å². The molecule has 0 aliphatic heterocycles. The van der Waals surface area contributed by atoms with Gasteiger partial charge in [0.25, 0.3) is 5.91 Å². The van der Waals surface area contributed by atoms with Crippen LogP contribution < -0.4 is 10.1 Å². The number of aromatic nitrogens is 2. The van der Waals surface area contributed by atoms with Crippen LogP contribution in [0.25, 0.3) is 0 Å². The van der Waals surface area contributed by atoms with E-state index in [1.165, 1.54) is 25.0 Å². The Morgan fingerprint density at radius 3 is 2.48 bits per heavy atom. The topological polar surface area (TPSA) is 67.0 Å². The van der Waals surface area contributed by atoms with Gasteiger partial charge in [-0.25, -0.2) is 0 Å². The highest BCUT2D eigenvalue weighted by Gasteiger charge is 2.57. The lowest BCUT2D eigenvalue weighted by molar-refractivity contribution is -0.138. The van der Waals surface area contributed by atoms with Crippen molar-refractivity contribution in [2.45, 2.75) is 63.0 Å². The molecule has 2 aromatic rings. The van der Waals surface area contributed by atoms with Crippen molar-refractivity contribution in [3.8, 4) is 5.75 Å². The third-order valence-corrected chi connectivity index (χ3v) is 7.63. The molecule has 1 aromatic heterocycles. The molecule has 1 aromatic carbocycles. The maximum absolute atomic E-state index is 13.2. The predicted octanol–water partition coefficient (Wildman–Crippen LogP) is 4.48. The Kier molecular flexibility index (Phi) is 4.43. The van der Waals surface area contributed by atoms with Crippen LogP contribution in [0.4, 0.5) is 0 Å². The Labute approximate surface area is 176 Å². The minimum absolute atomic E-state index is 0.0412. The number of carbonyl (C=O) groups excluding carboxylic acids is 1. The summed E-state index contributed by atoms with van der Waals surface area (Å²) in [6.07, 6.45) is 7.82. The first-order valence-electron chi connectivity index (χ1n) is 10.6. The quantitative estimate of drug-likeness (QED) is 0.759. The van der Waals surface area contributed by atoms with Gasteiger partial charge in [-0.2, -0.15) is 5.10 Å². The Hall–Kier alpha value is -2.01. The second-order valence-electron chi connectivity index (χ2n) is 9.79. The summed E-state index contributed by atoms with van der Waals surface area (Å²) in [5, 5.41) is 11.5. The molecule has 4 fully saturated rings. The van der Waals surface area contributed by atoms with Gasteiger partial charge in [0.05, 0.1) is 0 Å². The fourth-order valence-electron chi connectivity index (χ4n) is 6.31. The zero-order valence-corrected chi connectivity index (χ0v) is 17.7. The maximum atomic E-state index is 13.2. The Bertz CT molecular complexity index is 877. The standard InChI is InChI=1S/C23H28ClN3O2/c1-22(2,29-18-5-3-17(24)4-6-18)21(28)26-20-15-9-14-10-16(20)13-23(11-14,12-15)19-7-8-25-27-19/h3-8,14-16,20H,9-13H2,1-2H3,(H,25,27)(H,26,28). The number of rotatable bonds is 5. The van der Waals surface area contributed by atoms with Gasteiger partial charge >= 0.3 is 0 Å². The summed E-state index contributed by atoms with van der Waals surface area (Å²) in [5.41, 5.74) is 0.570. The number of benzene rings is 1. The molecule has 0 spiro atoms. The van der Waals surface area contributed by atoms with E-state index < -0.39 is 5.60 Å². The van der Waals surface area contributed by atoms with E-state index in [2.05, 4.69) is 21.6 Å². The zero-order valence-electron chi connectivity index (χ0n) is 17.0. The van der Waals surface area contributed by atoms with Crippen LogP contribution in [-0.2, 0) is 10.2 Å². The average Bonchev–Trinajstić information content (AvgIpc) is 3.21. The Balaban J connectivity index is 1.30. The van der Waals surface area contributed by atoms with Crippen LogP contribution in [0.1, 0.15) is 51.6 Å². The first kappa shape index (κ1) is 19.0. The molecule has 4 bridgehead atoms. The number of hydrogen-bond donors (Lipinski definition) is 2. The van der Waals surface area contributed by atoms with Gasteiger partial charge in [0.15, 0.2) is 5.60 Å². The summed E-state index contributed by atoms with van der Waals surface area (Å²) < 4.78 is 6.01. The SMILES string of the molecule is CC(C)(Oc1ccc(Cl)cc1)C(=O)NC1C2CC3CC1CC(c1ccn[nH]1)(C3)C2. The number of aromatic amines is 1. The predicted molar refractivity (Wildman–Crippen MR) is 112 cm³/mol. The molecule has 1 amide bonds. The van der Waals surface area contributed by atoms with E-state index in [4.69, 9.17) is 16.3 Å². The van der Waals surface area contributed by atoms with Gasteiger partial charge in [-0.05, 0) is 94.0 Å². The van der Waals surface area contributed by atoms with Crippen LogP contribution >= 0.6 is 11.6 Å². The number of halogens is 1. The molecule has 5 nitrogen and oxygen atoms in total. The van der Waals surface area contributed by atoms with E-state index in [1.54, 1.807) is 24.3 Å². The van der Waals surface area contributed by atoms with Crippen LogP contribution in [0.15, 0.2) is 36.5 Å². The van der Waals surface area contributed by atoms with Crippen LogP contribution in [-0.4, -0.2) is 27.7 Å². The van der Waals surface area contributed by atoms with Gasteiger partial charge < -0.3 is 10.1 Å². The normalized spacial score (nSPS) is 32.9. The number of nitrogens with zero attached hydrogens (tertiary/aromatic N) is 1. The highest BCUT2D eigenvalue weighted by molar-refractivity contribution is 6.30. The molecule has 2 unspecified atom stereocenters. The van der Waals surface area contributed by atoms with Crippen molar-refractivity contribution in [1.82, 2.24) is 15.5 Å². The van der Waals surface area contributed by atoms with Crippen molar-refractivity contribution in [2.24, 2.45) is 17.8 Å². The summed E-state index contributed by atoms with van der Waals surface area (Å²) >= 11 is 5.95. The Morgan fingerprint density at radius 2 is 1.86 bits per heavy atom. The van der Waals surface area contributed by atoms with Crippen LogP contribution in [0.5, 0.6) is 5.75 Å². The van der Waals surface area contributed by atoms with Crippen molar-refractivity contribution in [3.63, 3.8) is 0 Å². The summed E-state index contributed by atoms with van der Waals surface area (Å²) in [7, 11) is 0. The van der Waals surface area contributed by atoms with Gasteiger partial charge in [-0.1, -0.05) is 11.6 Å². The lowest BCUT2D eigenvalue weighted by Crippen LogP contribution is -2.63. The minimum Gasteiger partial charge on any atom is -0.478 e. The van der Waals surface area contributed by atoms with Crippen molar-refractivity contribution in [2.75, 3.05) is 0 Å². The second-order valence-corrected chi connectivity index (χ2v) is 10.2. The zero-order chi connectivity index (χ0) is 20.2. The van der Waals surface area contributed by atoms with Gasteiger partial charge in [0.2, 0.25) is 0 Å². The molecule has 154 valence electrons. The first-order chi connectivity index (χ1) is 13.8. The smallest absolute Gasteiger partial charge is 0.263 e. The van der Waals surface area contributed by atoms with Crippen molar-refractivity contribution in [1.29, 1.82) is 0 Å². The van der Waals surface area contributed by atoms with Crippen LogP contribution in [0.3, 0.4) is 0 Å². The summed E-state index contributed by atoms with van der Waals surface area (Å²) in [6, 6.07) is 9.53. The van der Waals surface area contributed by atoms with Gasteiger partial charge in [0, 0.05) is 28.4 Å². The minimum atomic E-state index is -0.941. The van der Waals surface area contributed by atoms with E-state index in [0.29, 0.717) is 22.6 Å². The number of ether oxygens (including phenoxy) is 1. The lowest BCUT2D eigenvalue weighted by atomic mass is 9.47. The summed E-state index contributed by atoms with van der Waals surface area (Å²) in [4.78, 5) is 13.2. The van der Waals surface area contributed by atoms with Gasteiger partial charge in [0.1, 0.15) is 5.75 Å². The highest BCUT2D eigenvalue weighted by atomic mass is 35.5. The third-order valence-electron chi connectivity index (χ3n) is 7.38. The molecule has 0 saturated heterocycles. The maximum Gasteiger partial charge on any atom is 0.263 e. The number of carbonyl (C=O) groups is 1. The van der Waals surface area contributed by atoms with Crippen molar-refractivity contribution >= 4 is 17.5 Å². The van der Waals surface area contributed by atoms with Crippen LogP contribution in [0, 0.1) is 17.8 Å². The fourth-order valence-corrected chi connectivity index (χ4v) is 6.44. The molecule has 4 aliphatic carbocycles. The Morgan fingerprint density at radius 1 is 1.17 bits per heavy atom. The van der Waals surface area contributed by atoms with E-state index in [9.17, 15) is 4.79 Å². The highest BCUT2D eigenvalue weighted by Crippen LogP contribution is 2.60. The molecule has 2 N–H and O–H groups in total. The molecule has 4 aliphatic rings. The lowest BCUT2D eigenvalue weighted by Gasteiger charge is -2.60. The molecule has 4 saturated carbocycles. The number of H-pyrrole nitrogens is 1. The van der Waals surface area contributed by atoms with Gasteiger partial charge in [-0.3, -0.25) is 9.89 Å². The van der Waals surface area contributed by atoms with Crippen LogP contribution in [0.2, 0.25) is 5.02 Å². The molecule has 1 heterocycles. The molecule has 29 heavy (non-hydrogen) atoms. The summed E-state index contributed by atoms with van der Waals surface area (Å²) in [5.74, 6) is 2.43. The third kappa shape index (κ3) is 3.33. The molecule has 0 radical (unpaired) electrons. The van der Waals surface area contributed by atoms with Gasteiger partial charge in [-0.15, -0.1) is 0 Å². The molecular formula is C23H28ClN3O2. The molecule has 6 heteroatoms. The fraction of sp³-hybridized carbons (Fsp3) is 0.565. The summed E-state index contributed by atoms with van der Waals surface area (Å²) in [6.45, 7) is 3.66. The monoisotopic (exact) mass is 413 g/mol. The number of hydrogen-bond acceptors (Lipinski definition) is 3. The first-order valence-corrected chi connectivity index (χ1v) is 11.0. The van der Waals surface area contributed by atoms with E-state index in [-0.39, 0.29) is 17.4 Å². The largest absolute Gasteiger partial charge is 0.478 e. The molecule has 2 atom stereocenters. The van der Waals surface area contributed by atoms with E-state index in [0.717, 1.165) is 18.8 Å². The number of nitrogens with one attached hydrogen (secondary N) is 2. The van der Waals surface area contributed by atoms with E-state index >= 15 is 0 Å². The second kappa shape index (κ2) is 6.76. The molecular weight excluding hydrogens is 386 g/mol. The number of amides is 1. The molecule has 6 rings (SSSR count).